The number of aliphatic hydroxyl groups excluding tert-OH is 1. The van der Waals surface area contributed by atoms with E-state index in [1.165, 1.54) is 16.2 Å². The van der Waals surface area contributed by atoms with Gasteiger partial charge in [0.15, 0.2) is 10.6 Å². The Morgan fingerprint density at radius 1 is 1.15 bits per heavy atom. The fraction of sp³-hybridized carbons (Fsp3) is 0.333. The lowest BCUT2D eigenvalue weighted by atomic mass is 9.94. The van der Waals surface area contributed by atoms with Crippen molar-refractivity contribution in [2.24, 2.45) is 5.92 Å². The lowest BCUT2D eigenvalue weighted by Crippen LogP contribution is -2.34. The second-order valence-electron chi connectivity index (χ2n) is 10.3. The fourth-order valence-corrected chi connectivity index (χ4v) is 6.27. The summed E-state index contributed by atoms with van der Waals surface area (Å²) in [5.41, 5.74) is 1.20. The first-order valence-corrected chi connectivity index (χ1v) is 14.7. The van der Waals surface area contributed by atoms with Crippen molar-refractivity contribution in [3.05, 3.63) is 86.1 Å². The number of thiazole rings is 1. The Bertz CT molecular complexity index is 1630. The molecule has 0 unspecified atom stereocenters. The molecule has 0 spiro atoms. The van der Waals surface area contributed by atoms with Crippen LogP contribution < -0.4 is 15.6 Å². The summed E-state index contributed by atoms with van der Waals surface area (Å²) in [7, 11) is 3.25. The molecule has 41 heavy (non-hydrogen) atoms. The number of piperidine rings is 1. The molecule has 0 aliphatic carbocycles. The van der Waals surface area contributed by atoms with Gasteiger partial charge in [0.2, 0.25) is 0 Å². The van der Waals surface area contributed by atoms with Crippen LogP contribution in [-0.4, -0.2) is 65.2 Å². The molecule has 2 N–H and O–H groups in total. The molecule has 1 aliphatic heterocycles. The molecule has 0 radical (unpaired) electrons. The number of hydrogen-bond acceptors (Lipinski definition) is 7. The van der Waals surface area contributed by atoms with Gasteiger partial charge >= 0.3 is 0 Å². The summed E-state index contributed by atoms with van der Waals surface area (Å²) < 4.78 is 1.73. The standard InChI is InChI=1S/C30H32ClN5O4S/c1-34(2)29(40)26-23(27(38)22-9-8-20(31)16-24(22)36(26)21-6-4-3-5-7-21)17-32-28(39)25-18-33-30(41-25)35-13-10-19(11-14-35)12-15-37/h3-9,16,18-19,37H,10-15,17H2,1-2H3,(H,32,39). The Hall–Kier alpha value is -3.73. The Morgan fingerprint density at radius 3 is 2.56 bits per heavy atom. The van der Waals surface area contributed by atoms with Gasteiger partial charge in [-0.25, -0.2) is 4.98 Å². The fourth-order valence-electron chi connectivity index (χ4n) is 5.22. The van der Waals surface area contributed by atoms with Crippen LogP contribution >= 0.6 is 22.9 Å². The quantitative estimate of drug-likeness (QED) is 0.315. The second kappa shape index (κ2) is 12.4. The van der Waals surface area contributed by atoms with Crippen LogP contribution in [-0.2, 0) is 6.54 Å². The maximum Gasteiger partial charge on any atom is 0.270 e. The van der Waals surface area contributed by atoms with Crippen LogP contribution in [0.4, 0.5) is 5.13 Å². The maximum atomic E-state index is 13.8. The van der Waals surface area contributed by atoms with E-state index < -0.39 is 0 Å². The van der Waals surface area contributed by atoms with Gasteiger partial charge in [-0.15, -0.1) is 0 Å². The van der Waals surface area contributed by atoms with Gasteiger partial charge in [-0.3, -0.25) is 14.4 Å². The normalized spacial score (nSPS) is 13.9. The summed E-state index contributed by atoms with van der Waals surface area (Å²) in [6, 6.07) is 14.2. The summed E-state index contributed by atoms with van der Waals surface area (Å²) >= 11 is 7.63. The van der Waals surface area contributed by atoms with Crippen LogP contribution in [0.15, 0.2) is 59.5 Å². The zero-order valence-corrected chi connectivity index (χ0v) is 24.5. The summed E-state index contributed by atoms with van der Waals surface area (Å²) in [5.74, 6) is -0.230. The molecular weight excluding hydrogens is 562 g/mol. The minimum Gasteiger partial charge on any atom is -0.396 e. The van der Waals surface area contributed by atoms with Gasteiger partial charge in [0.1, 0.15) is 10.6 Å². The van der Waals surface area contributed by atoms with Crippen molar-refractivity contribution in [1.82, 2.24) is 19.8 Å². The van der Waals surface area contributed by atoms with Gasteiger partial charge < -0.3 is 24.8 Å². The molecule has 2 amide bonds. The predicted molar refractivity (Wildman–Crippen MR) is 162 cm³/mol. The number of carbonyl (C=O) groups is 2. The number of aliphatic hydroxyl groups is 1. The monoisotopic (exact) mass is 593 g/mol. The highest BCUT2D eigenvalue weighted by Crippen LogP contribution is 2.29. The zero-order valence-electron chi connectivity index (χ0n) is 23.0. The van der Waals surface area contributed by atoms with E-state index in [2.05, 4.69) is 15.2 Å². The molecule has 11 heteroatoms. The van der Waals surface area contributed by atoms with Crippen molar-refractivity contribution < 1.29 is 14.7 Å². The number of fused-ring (bicyclic) bond motifs is 1. The van der Waals surface area contributed by atoms with Crippen LogP contribution in [0.25, 0.3) is 16.6 Å². The van der Waals surface area contributed by atoms with Gasteiger partial charge in [-0.1, -0.05) is 41.1 Å². The average Bonchev–Trinajstić information content (AvgIpc) is 3.47. The molecule has 0 bridgehead atoms. The molecule has 214 valence electrons. The molecule has 1 fully saturated rings. The highest BCUT2D eigenvalue weighted by molar-refractivity contribution is 7.17. The first-order chi connectivity index (χ1) is 19.8. The van der Waals surface area contributed by atoms with E-state index in [-0.39, 0.29) is 41.7 Å². The molecule has 9 nitrogen and oxygen atoms in total. The molecule has 0 atom stereocenters. The topological polar surface area (TPSA) is 108 Å². The third kappa shape index (κ3) is 6.00. The van der Waals surface area contributed by atoms with Gasteiger partial charge in [-0.2, -0.15) is 0 Å². The number of carbonyl (C=O) groups excluding carboxylic acids is 2. The molecule has 5 rings (SSSR count). The number of anilines is 1. The SMILES string of the molecule is CN(C)C(=O)c1c(CNC(=O)c2cnc(N3CCC(CCO)CC3)s2)c(=O)c2ccc(Cl)cc2n1-c1ccccc1. The predicted octanol–water partition coefficient (Wildman–Crippen LogP) is 4.33. The van der Waals surface area contributed by atoms with E-state index in [1.807, 2.05) is 30.3 Å². The number of halogens is 1. The molecule has 4 aromatic rings. The van der Waals surface area contributed by atoms with Gasteiger partial charge in [-0.05, 0) is 55.5 Å². The molecular formula is C30H32ClN5O4S. The molecule has 0 saturated carbocycles. The smallest absolute Gasteiger partial charge is 0.270 e. The second-order valence-corrected chi connectivity index (χ2v) is 11.8. The third-order valence-electron chi connectivity index (χ3n) is 7.42. The van der Waals surface area contributed by atoms with Gasteiger partial charge in [0, 0.05) is 62.0 Å². The molecule has 3 heterocycles. The summed E-state index contributed by atoms with van der Waals surface area (Å²) in [6.45, 7) is 1.72. The summed E-state index contributed by atoms with van der Waals surface area (Å²) in [6.07, 6.45) is 4.31. The van der Waals surface area contributed by atoms with E-state index in [0.29, 0.717) is 32.4 Å². The van der Waals surface area contributed by atoms with Crippen molar-refractivity contribution in [3.8, 4) is 5.69 Å². The first kappa shape index (κ1) is 28.8. The third-order valence-corrected chi connectivity index (χ3v) is 8.71. The van der Waals surface area contributed by atoms with Crippen LogP contribution in [0, 0.1) is 5.92 Å². The lowest BCUT2D eigenvalue weighted by Gasteiger charge is -2.31. The molecule has 1 saturated heterocycles. The lowest BCUT2D eigenvalue weighted by molar-refractivity contribution is 0.0816. The minimum absolute atomic E-state index is 0.141. The van der Waals surface area contributed by atoms with Crippen LogP contribution in [0.2, 0.25) is 5.02 Å². The van der Waals surface area contributed by atoms with Gasteiger partial charge in [0.25, 0.3) is 11.8 Å². The van der Waals surface area contributed by atoms with Crippen molar-refractivity contribution >= 4 is 50.8 Å². The Balaban J connectivity index is 1.48. The van der Waals surface area contributed by atoms with Gasteiger partial charge in [0.05, 0.1) is 11.7 Å². The number of benzene rings is 2. The van der Waals surface area contributed by atoms with Crippen LogP contribution in [0.3, 0.4) is 0 Å². The highest BCUT2D eigenvalue weighted by Gasteiger charge is 2.26. The number of amides is 2. The van der Waals surface area contributed by atoms with E-state index in [4.69, 9.17) is 11.6 Å². The summed E-state index contributed by atoms with van der Waals surface area (Å²) in [5, 5.41) is 13.7. The van der Waals surface area contributed by atoms with E-state index in [0.717, 1.165) is 37.5 Å². The number of rotatable bonds is 8. The number of aromatic nitrogens is 2. The largest absolute Gasteiger partial charge is 0.396 e. The minimum atomic E-state index is -0.373. The Labute approximate surface area is 247 Å². The average molecular weight is 594 g/mol. The number of nitrogens with one attached hydrogen (secondary N) is 1. The summed E-state index contributed by atoms with van der Waals surface area (Å²) in [4.78, 5) is 49.1. The van der Waals surface area contributed by atoms with E-state index >= 15 is 0 Å². The van der Waals surface area contributed by atoms with Crippen molar-refractivity contribution in [1.29, 1.82) is 0 Å². The maximum absolute atomic E-state index is 13.8. The van der Waals surface area contributed by atoms with E-state index in [9.17, 15) is 19.5 Å². The highest BCUT2D eigenvalue weighted by atomic mass is 35.5. The number of hydrogen-bond donors (Lipinski definition) is 2. The first-order valence-electron chi connectivity index (χ1n) is 13.5. The van der Waals surface area contributed by atoms with Crippen molar-refractivity contribution in [3.63, 3.8) is 0 Å². The van der Waals surface area contributed by atoms with E-state index in [1.54, 1.807) is 43.1 Å². The molecule has 2 aromatic heterocycles. The van der Waals surface area contributed by atoms with Crippen molar-refractivity contribution in [2.45, 2.75) is 25.8 Å². The Morgan fingerprint density at radius 2 is 1.88 bits per heavy atom. The molecule has 1 aliphatic rings. The number of para-hydroxylation sites is 1. The van der Waals surface area contributed by atoms with Crippen LogP contribution in [0.5, 0.6) is 0 Å². The number of pyridine rings is 1. The van der Waals surface area contributed by atoms with Crippen LogP contribution in [0.1, 0.15) is 45.0 Å². The zero-order chi connectivity index (χ0) is 29.1. The van der Waals surface area contributed by atoms with Crippen molar-refractivity contribution in [2.75, 3.05) is 38.7 Å². The Kier molecular flexibility index (Phi) is 8.72. The molecule has 2 aromatic carbocycles. The number of nitrogens with zero attached hydrogens (tertiary/aromatic N) is 4.